The van der Waals surface area contributed by atoms with Crippen molar-refractivity contribution >= 4 is 43.5 Å². The number of aryl methyl sites for hydroxylation is 1. The number of nitrogens with two attached hydrogens (primary N) is 1. The van der Waals surface area contributed by atoms with Gasteiger partial charge in [0, 0.05) is 29.0 Å². The molecule has 10 nitrogen and oxygen atoms in total. The monoisotopic (exact) mass is 608 g/mol. The number of benzene rings is 1. The third-order valence-electron chi connectivity index (χ3n) is 5.99. The SMILES string of the molecule is Nc1ncn(CCC2CCCN(S(=O)(=O)C(F)(F)F)C2)c2nc(Sc3cc4c(cc3Br)OCO4)nc1-2. The largest absolute Gasteiger partial charge is 0.511 e. The molecule has 0 aromatic heterocycles. The van der Waals surface area contributed by atoms with Crippen LogP contribution in [-0.4, -0.2) is 57.6 Å². The molecule has 4 aliphatic rings. The molecule has 1 aromatic carbocycles. The maximum absolute atomic E-state index is 13.0. The van der Waals surface area contributed by atoms with Crippen molar-refractivity contribution in [1.29, 1.82) is 0 Å². The van der Waals surface area contributed by atoms with Crippen LogP contribution in [0.4, 0.5) is 19.0 Å². The molecule has 0 amide bonds. The third kappa shape index (κ3) is 4.82. The molecule has 16 heteroatoms. The fourth-order valence-electron chi connectivity index (χ4n) is 4.17. The number of sulfonamides is 1. The number of hydrogen-bond acceptors (Lipinski definition) is 9. The van der Waals surface area contributed by atoms with Crippen LogP contribution in [0.5, 0.6) is 11.5 Å². The Balaban J connectivity index is 1.32. The van der Waals surface area contributed by atoms with E-state index in [0.29, 0.717) is 58.3 Å². The summed E-state index contributed by atoms with van der Waals surface area (Å²) in [5.74, 6) is 1.69. The number of fused-ring (bicyclic) bond motifs is 2. The van der Waals surface area contributed by atoms with Gasteiger partial charge in [-0.1, -0.05) is 0 Å². The molecule has 0 aliphatic carbocycles. The maximum atomic E-state index is 13.0. The highest BCUT2D eigenvalue weighted by Gasteiger charge is 2.50. The molecule has 1 aromatic rings. The number of nitrogens with zero attached hydrogens (tertiary/aromatic N) is 5. The van der Waals surface area contributed by atoms with Gasteiger partial charge in [-0.25, -0.2) is 23.4 Å². The predicted octanol–water partition coefficient (Wildman–Crippen LogP) is 3.95. The molecule has 36 heavy (non-hydrogen) atoms. The van der Waals surface area contributed by atoms with Gasteiger partial charge >= 0.3 is 15.5 Å². The van der Waals surface area contributed by atoms with E-state index in [4.69, 9.17) is 15.2 Å². The van der Waals surface area contributed by atoms with Crippen LogP contribution in [0.15, 0.2) is 33.0 Å². The van der Waals surface area contributed by atoms with Gasteiger partial charge in [-0.3, -0.25) is 0 Å². The van der Waals surface area contributed by atoms with E-state index in [1.807, 2.05) is 6.07 Å². The first-order valence-electron chi connectivity index (χ1n) is 10.8. The van der Waals surface area contributed by atoms with E-state index in [1.165, 1.54) is 18.1 Å². The van der Waals surface area contributed by atoms with Gasteiger partial charge in [0.05, 0.1) is 6.33 Å². The molecule has 0 spiro atoms. The van der Waals surface area contributed by atoms with Crippen molar-refractivity contribution in [1.82, 2.24) is 23.8 Å². The summed E-state index contributed by atoms with van der Waals surface area (Å²) < 4.78 is 76.4. The number of rotatable bonds is 6. The van der Waals surface area contributed by atoms with Gasteiger partial charge in [-0.15, -0.1) is 0 Å². The lowest BCUT2D eigenvalue weighted by atomic mass is 9.96. The standard InChI is InChI=1S/C20H20BrF3N6O4S2/c21-12-6-13-14(34-10-33-13)7-15(12)35-19-27-16-17(25)26-9-29(18(16)28-19)5-3-11-2-1-4-30(8-11)36(31,32)20(22,23)24/h6-7,9,11H,1-5,8,10,25H2. The minimum atomic E-state index is -5.34. The highest BCUT2D eigenvalue weighted by atomic mass is 79.9. The quantitative estimate of drug-likeness (QED) is 0.442. The lowest BCUT2D eigenvalue weighted by molar-refractivity contribution is -0.0499. The summed E-state index contributed by atoms with van der Waals surface area (Å²) in [5.41, 5.74) is 1.12. The number of ether oxygens (including phenoxy) is 2. The van der Waals surface area contributed by atoms with Gasteiger partial charge in [-0.05, 0) is 65.0 Å². The molecule has 1 unspecified atom stereocenters. The lowest BCUT2D eigenvalue weighted by Crippen LogP contribution is -2.46. The van der Waals surface area contributed by atoms with E-state index >= 15 is 0 Å². The van der Waals surface area contributed by atoms with Gasteiger partial charge in [-0.2, -0.15) is 17.5 Å². The summed E-state index contributed by atoms with van der Waals surface area (Å²) in [6.07, 6.45) is 2.94. The first-order chi connectivity index (χ1) is 17.0. The van der Waals surface area contributed by atoms with Crippen molar-refractivity contribution in [2.45, 2.75) is 41.4 Å². The number of halogens is 4. The Labute approximate surface area is 216 Å². The van der Waals surface area contributed by atoms with Gasteiger partial charge in [0.1, 0.15) is 0 Å². The molecule has 5 rings (SSSR count). The molecule has 0 bridgehead atoms. The average molecular weight is 609 g/mol. The van der Waals surface area contributed by atoms with Crippen LogP contribution in [0, 0.1) is 5.92 Å². The van der Waals surface area contributed by atoms with Gasteiger partial charge < -0.3 is 19.8 Å². The van der Waals surface area contributed by atoms with Crippen molar-refractivity contribution in [2.24, 2.45) is 5.92 Å². The molecule has 0 radical (unpaired) electrons. The fourth-order valence-corrected chi connectivity index (χ4v) is 6.59. The summed E-state index contributed by atoms with van der Waals surface area (Å²) in [6.45, 7) is 0.198. The second-order valence-electron chi connectivity index (χ2n) is 8.35. The number of hydrogen-bond donors (Lipinski definition) is 1. The van der Waals surface area contributed by atoms with E-state index in [9.17, 15) is 21.6 Å². The van der Waals surface area contributed by atoms with Crippen molar-refractivity contribution in [3.63, 3.8) is 0 Å². The van der Waals surface area contributed by atoms with E-state index in [1.54, 1.807) is 10.6 Å². The molecule has 4 heterocycles. The first kappa shape index (κ1) is 25.4. The molecular weight excluding hydrogens is 589 g/mol. The topological polar surface area (TPSA) is 125 Å². The minimum Gasteiger partial charge on any atom is -0.454 e. The normalized spacial score (nSPS) is 18.7. The molecule has 1 fully saturated rings. The van der Waals surface area contributed by atoms with Gasteiger partial charge in [0.15, 0.2) is 34.0 Å². The van der Waals surface area contributed by atoms with Crippen LogP contribution in [0.2, 0.25) is 0 Å². The zero-order valence-electron chi connectivity index (χ0n) is 18.5. The van der Waals surface area contributed by atoms with Gasteiger partial charge in [0.25, 0.3) is 0 Å². The summed E-state index contributed by atoms with van der Waals surface area (Å²) in [4.78, 5) is 14.1. The molecule has 1 atom stereocenters. The molecule has 0 saturated carbocycles. The molecular formula is C20H20BrF3N6O4S2. The zero-order valence-corrected chi connectivity index (χ0v) is 21.8. The van der Waals surface area contributed by atoms with Crippen molar-refractivity contribution in [3.8, 4) is 23.0 Å². The van der Waals surface area contributed by atoms with Crippen molar-refractivity contribution < 1.29 is 31.1 Å². The van der Waals surface area contributed by atoms with Crippen LogP contribution in [0.3, 0.4) is 0 Å². The summed E-state index contributed by atoms with van der Waals surface area (Å²) in [6, 6.07) is 3.62. The summed E-state index contributed by atoms with van der Waals surface area (Å²) >= 11 is 4.80. The average Bonchev–Trinajstić information content (AvgIpc) is 3.45. The Kier molecular flexibility index (Phi) is 6.72. The van der Waals surface area contributed by atoms with Crippen molar-refractivity contribution in [3.05, 3.63) is 22.9 Å². The Morgan fingerprint density at radius 2 is 1.97 bits per heavy atom. The number of piperidine rings is 1. The smallest absolute Gasteiger partial charge is 0.454 e. The molecule has 2 N–H and O–H groups in total. The highest BCUT2D eigenvalue weighted by molar-refractivity contribution is 9.10. The van der Waals surface area contributed by atoms with Crippen LogP contribution < -0.4 is 15.2 Å². The van der Waals surface area contributed by atoms with E-state index in [0.717, 1.165) is 9.37 Å². The van der Waals surface area contributed by atoms with E-state index in [-0.39, 0.29) is 31.6 Å². The first-order valence-corrected chi connectivity index (χ1v) is 13.9. The Hall–Kier alpha value is -2.30. The summed E-state index contributed by atoms with van der Waals surface area (Å²) in [5, 5.41) is 0.429. The summed E-state index contributed by atoms with van der Waals surface area (Å²) in [7, 11) is -5.34. The zero-order chi connectivity index (χ0) is 25.7. The number of aromatic nitrogens is 4. The van der Waals surface area contributed by atoms with Crippen LogP contribution in [0.1, 0.15) is 19.3 Å². The Morgan fingerprint density at radius 3 is 2.72 bits per heavy atom. The maximum Gasteiger partial charge on any atom is 0.511 e. The van der Waals surface area contributed by atoms with E-state index in [2.05, 4.69) is 30.9 Å². The number of imidazole rings is 1. The van der Waals surface area contributed by atoms with Crippen LogP contribution >= 0.6 is 27.7 Å². The highest BCUT2D eigenvalue weighted by Crippen LogP contribution is 2.43. The van der Waals surface area contributed by atoms with Crippen LogP contribution in [0.25, 0.3) is 11.5 Å². The second-order valence-corrected chi connectivity index (χ2v) is 12.1. The van der Waals surface area contributed by atoms with Crippen LogP contribution in [-0.2, 0) is 16.6 Å². The second kappa shape index (κ2) is 9.54. The van der Waals surface area contributed by atoms with Gasteiger partial charge in [0.2, 0.25) is 6.79 Å². The predicted molar refractivity (Wildman–Crippen MR) is 127 cm³/mol. The van der Waals surface area contributed by atoms with E-state index < -0.39 is 15.5 Å². The third-order valence-corrected chi connectivity index (χ3v) is 9.43. The number of alkyl halides is 3. The fraction of sp³-hybridized carbons (Fsp3) is 0.450. The molecule has 194 valence electrons. The number of anilines is 1. The van der Waals surface area contributed by atoms with Crippen molar-refractivity contribution in [2.75, 3.05) is 25.6 Å². The molecule has 4 aliphatic heterocycles. The Bertz CT molecular complexity index is 1370. The molecule has 1 saturated heterocycles. The Morgan fingerprint density at radius 1 is 1.22 bits per heavy atom. The minimum absolute atomic E-state index is 0.135. The lowest BCUT2D eigenvalue weighted by Gasteiger charge is -2.32. The number of nitrogen functional groups attached to an aromatic ring is 1.